The number of rotatable bonds is 3. The molecule has 0 aliphatic heterocycles. The van der Waals surface area contributed by atoms with E-state index >= 15 is 0 Å². The molecule has 2 aromatic heterocycles. The van der Waals surface area contributed by atoms with E-state index in [-0.39, 0.29) is 5.91 Å². The molecule has 0 aliphatic rings. The molecule has 3 N–H and O–H groups in total. The quantitative estimate of drug-likeness (QED) is 0.644. The lowest BCUT2D eigenvalue weighted by Crippen LogP contribution is -2.22. The van der Waals surface area contributed by atoms with Crippen LogP contribution in [0.5, 0.6) is 0 Å². The number of aromatic amines is 2. The van der Waals surface area contributed by atoms with E-state index in [2.05, 4.69) is 25.3 Å². The summed E-state index contributed by atoms with van der Waals surface area (Å²) in [7, 11) is 0. The molecular weight excluding hydrogens is 230 g/mol. The van der Waals surface area contributed by atoms with Gasteiger partial charge in [-0.2, -0.15) is 0 Å². The Morgan fingerprint density at radius 1 is 1.28 bits per heavy atom. The summed E-state index contributed by atoms with van der Waals surface area (Å²) in [6.07, 6.45) is 4.87. The Kier molecular flexibility index (Phi) is 2.53. The zero-order chi connectivity index (χ0) is 12.4. The van der Waals surface area contributed by atoms with Crippen LogP contribution in [0.3, 0.4) is 0 Å². The second-order valence-corrected chi connectivity index (χ2v) is 3.89. The van der Waals surface area contributed by atoms with Crippen molar-refractivity contribution < 1.29 is 4.79 Å². The van der Waals surface area contributed by atoms with Gasteiger partial charge in [0.2, 0.25) is 0 Å². The molecule has 1 amide bonds. The van der Waals surface area contributed by atoms with Crippen LogP contribution >= 0.6 is 0 Å². The predicted molar refractivity (Wildman–Crippen MR) is 65.9 cm³/mol. The Hall–Kier alpha value is -2.63. The number of H-pyrrole nitrogens is 2. The number of nitrogens with one attached hydrogen (secondary N) is 3. The van der Waals surface area contributed by atoms with Gasteiger partial charge in [-0.3, -0.25) is 4.79 Å². The predicted octanol–water partition coefficient (Wildman–Crippen LogP) is 1.22. The lowest BCUT2D eigenvalue weighted by Gasteiger charge is -2.03. The molecule has 0 fully saturated rings. The van der Waals surface area contributed by atoms with Crippen molar-refractivity contribution in [2.24, 2.45) is 0 Å². The lowest BCUT2D eigenvalue weighted by molar-refractivity contribution is 0.0950. The van der Waals surface area contributed by atoms with Gasteiger partial charge in [-0.15, -0.1) is 0 Å². The van der Waals surface area contributed by atoms with Gasteiger partial charge in [-0.1, -0.05) is 0 Å². The molecule has 0 saturated heterocycles. The van der Waals surface area contributed by atoms with Gasteiger partial charge >= 0.3 is 0 Å². The number of nitrogens with zero attached hydrogens (tertiary/aromatic N) is 2. The fourth-order valence-corrected chi connectivity index (χ4v) is 1.74. The number of benzene rings is 1. The Labute approximate surface area is 102 Å². The highest BCUT2D eigenvalue weighted by Gasteiger charge is 2.07. The third-order valence-electron chi connectivity index (χ3n) is 2.68. The van der Waals surface area contributed by atoms with Crippen LogP contribution in [0, 0.1) is 0 Å². The van der Waals surface area contributed by atoms with E-state index in [1.807, 2.05) is 6.07 Å². The first-order valence-corrected chi connectivity index (χ1v) is 5.51. The Bertz CT molecular complexity index is 671. The summed E-state index contributed by atoms with van der Waals surface area (Å²) < 4.78 is 0. The summed E-state index contributed by atoms with van der Waals surface area (Å²) in [5.41, 5.74) is 3.17. The third-order valence-corrected chi connectivity index (χ3v) is 2.68. The zero-order valence-electron chi connectivity index (χ0n) is 9.47. The van der Waals surface area contributed by atoms with Crippen LogP contribution in [0.4, 0.5) is 0 Å². The number of carbonyl (C=O) groups excluding carboxylic acids is 1. The third kappa shape index (κ3) is 1.95. The van der Waals surface area contributed by atoms with Crippen molar-refractivity contribution >= 4 is 16.9 Å². The summed E-state index contributed by atoms with van der Waals surface area (Å²) in [6, 6.07) is 5.35. The molecule has 0 radical (unpaired) electrons. The average molecular weight is 241 g/mol. The summed E-state index contributed by atoms with van der Waals surface area (Å²) >= 11 is 0. The van der Waals surface area contributed by atoms with Crippen LogP contribution < -0.4 is 5.32 Å². The van der Waals surface area contributed by atoms with Crippen LogP contribution in [0.1, 0.15) is 16.1 Å². The van der Waals surface area contributed by atoms with E-state index < -0.39 is 0 Å². The molecule has 0 spiro atoms. The molecule has 1 aromatic carbocycles. The van der Waals surface area contributed by atoms with E-state index in [9.17, 15) is 4.79 Å². The molecule has 90 valence electrons. The van der Waals surface area contributed by atoms with Crippen molar-refractivity contribution in [1.29, 1.82) is 0 Å². The minimum Gasteiger partial charge on any atom is -0.347 e. The minimum atomic E-state index is -0.124. The zero-order valence-corrected chi connectivity index (χ0v) is 9.47. The van der Waals surface area contributed by atoms with E-state index in [1.165, 1.54) is 0 Å². The molecule has 3 rings (SSSR count). The maximum absolute atomic E-state index is 11.9. The van der Waals surface area contributed by atoms with Crippen LogP contribution in [0.2, 0.25) is 0 Å². The van der Waals surface area contributed by atoms with Gasteiger partial charge in [-0.05, 0) is 18.2 Å². The van der Waals surface area contributed by atoms with E-state index in [1.54, 1.807) is 31.0 Å². The van der Waals surface area contributed by atoms with E-state index in [0.29, 0.717) is 12.1 Å². The summed E-state index contributed by atoms with van der Waals surface area (Å²) in [6.45, 7) is 0.430. The summed E-state index contributed by atoms with van der Waals surface area (Å²) in [5, 5.41) is 2.81. The molecule has 18 heavy (non-hydrogen) atoms. The van der Waals surface area contributed by atoms with Crippen LogP contribution in [0.25, 0.3) is 11.0 Å². The van der Waals surface area contributed by atoms with Gasteiger partial charge in [0.1, 0.15) is 0 Å². The fourth-order valence-electron chi connectivity index (χ4n) is 1.74. The molecule has 0 aliphatic carbocycles. The summed E-state index contributed by atoms with van der Waals surface area (Å²) in [5.74, 6) is -0.124. The first-order valence-electron chi connectivity index (χ1n) is 5.51. The van der Waals surface area contributed by atoms with Crippen molar-refractivity contribution in [3.63, 3.8) is 0 Å². The molecule has 0 saturated carbocycles. The van der Waals surface area contributed by atoms with E-state index in [0.717, 1.165) is 16.7 Å². The number of hydrogen-bond donors (Lipinski definition) is 3. The van der Waals surface area contributed by atoms with Crippen molar-refractivity contribution in [1.82, 2.24) is 25.3 Å². The number of aromatic nitrogens is 4. The van der Waals surface area contributed by atoms with Gasteiger partial charge in [-0.25, -0.2) is 9.97 Å². The number of carbonyl (C=O) groups is 1. The molecule has 0 bridgehead atoms. The van der Waals surface area contributed by atoms with Gasteiger partial charge in [0.25, 0.3) is 5.91 Å². The normalized spacial score (nSPS) is 10.7. The van der Waals surface area contributed by atoms with Gasteiger partial charge in [0.05, 0.1) is 35.9 Å². The fraction of sp³-hybridized carbons (Fsp3) is 0.0833. The van der Waals surface area contributed by atoms with Crippen LogP contribution in [-0.2, 0) is 6.54 Å². The SMILES string of the molecule is O=C(NCc1cnc[nH]1)c1ccc2nc[nH]c2c1. The van der Waals surface area contributed by atoms with Crippen molar-refractivity contribution in [3.05, 3.63) is 48.3 Å². The average Bonchev–Trinajstić information content (AvgIpc) is 3.05. The molecule has 6 heteroatoms. The second kappa shape index (κ2) is 4.33. The molecular formula is C12H11N5O. The second-order valence-electron chi connectivity index (χ2n) is 3.89. The molecule has 6 nitrogen and oxygen atoms in total. The first-order chi connectivity index (χ1) is 8.83. The van der Waals surface area contributed by atoms with Crippen molar-refractivity contribution in [2.45, 2.75) is 6.54 Å². The van der Waals surface area contributed by atoms with Crippen LogP contribution in [-0.4, -0.2) is 25.8 Å². The highest BCUT2D eigenvalue weighted by atomic mass is 16.1. The Morgan fingerprint density at radius 2 is 2.22 bits per heavy atom. The Morgan fingerprint density at radius 3 is 3.06 bits per heavy atom. The van der Waals surface area contributed by atoms with Gasteiger partial charge < -0.3 is 15.3 Å². The highest BCUT2D eigenvalue weighted by Crippen LogP contribution is 2.11. The number of fused-ring (bicyclic) bond motifs is 1. The molecule has 0 atom stereocenters. The lowest BCUT2D eigenvalue weighted by atomic mass is 10.2. The van der Waals surface area contributed by atoms with Gasteiger partial charge in [0.15, 0.2) is 0 Å². The number of imidazole rings is 2. The maximum atomic E-state index is 11.9. The van der Waals surface area contributed by atoms with Crippen LogP contribution in [0.15, 0.2) is 37.1 Å². The standard InChI is InChI=1S/C12H11N5O/c18-12(14-5-9-4-13-6-15-9)8-1-2-10-11(3-8)17-7-16-10/h1-4,6-7H,5H2,(H,13,15)(H,14,18)(H,16,17). The first kappa shape index (κ1) is 10.5. The van der Waals surface area contributed by atoms with E-state index in [4.69, 9.17) is 0 Å². The molecule has 3 aromatic rings. The largest absolute Gasteiger partial charge is 0.347 e. The van der Waals surface area contributed by atoms with Gasteiger partial charge in [0, 0.05) is 11.8 Å². The highest BCUT2D eigenvalue weighted by molar-refractivity contribution is 5.97. The van der Waals surface area contributed by atoms with Crippen molar-refractivity contribution in [3.8, 4) is 0 Å². The number of amides is 1. The minimum absolute atomic E-state index is 0.124. The monoisotopic (exact) mass is 241 g/mol. The molecule has 2 heterocycles. The number of hydrogen-bond acceptors (Lipinski definition) is 3. The smallest absolute Gasteiger partial charge is 0.251 e. The van der Waals surface area contributed by atoms with Crippen molar-refractivity contribution in [2.75, 3.05) is 0 Å². The molecule has 0 unspecified atom stereocenters. The Balaban J connectivity index is 1.75. The summed E-state index contributed by atoms with van der Waals surface area (Å²) in [4.78, 5) is 25.8. The maximum Gasteiger partial charge on any atom is 0.251 e. The topological polar surface area (TPSA) is 86.5 Å².